The number of nitrogens with one attached hydrogen (secondary N) is 1. The number of imidazole rings is 1. The lowest BCUT2D eigenvalue weighted by Crippen LogP contribution is -2.23. The number of carbonyl (C=O) groups is 1. The number of pyridine rings is 2. The molecule has 1 N–H and O–H groups in total. The van der Waals surface area contributed by atoms with E-state index in [2.05, 4.69) is 30.4 Å². The topological polar surface area (TPSA) is 112 Å². The monoisotopic (exact) mass is 387 g/mol. The molecule has 4 heterocycles. The lowest BCUT2D eigenvalue weighted by Gasteiger charge is -2.02. The maximum Gasteiger partial charge on any atom is 0.271 e. The van der Waals surface area contributed by atoms with Gasteiger partial charge in [0.2, 0.25) is 0 Å². The molecule has 29 heavy (non-hydrogen) atoms. The Bertz CT molecular complexity index is 1130. The van der Waals surface area contributed by atoms with E-state index in [1.807, 2.05) is 30.3 Å². The van der Waals surface area contributed by atoms with Gasteiger partial charge in [-0.2, -0.15) is 4.98 Å². The first-order chi connectivity index (χ1) is 14.3. The number of hydrogen-bond acceptors (Lipinski definition) is 7. The van der Waals surface area contributed by atoms with Crippen LogP contribution in [0.5, 0.6) is 0 Å². The van der Waals surface area contributed by atoms with Gasteiger partial charge in [0.25, 0.3) is 11.8 Å². The molecule has 4 aromatic heterocycles. The Hall–Kier alpha value is -3.88. The number of rotatable bonds is 6. The predicted octanol–water partition coefficient (Wildman–Crippen LogP) is 2.52. The Balaban J connectivity index is 1.26. The second-order valence-electron chi connectivity index (χ2n) is 6.81. The van der Waals surface area contributed by atoms with Crippen molar-refractivity contribution in [1.29, 1.82) is 0 Å². The van der Waals surface area contributed by atoms with Crippen LogP contribution >= 0.6 is 0 Å². The molecule has 1 amide bonds. The van der Waals surface area contributed by atoms with Crippen molar-refractivity contribution >= 4 is 5.91 Å². The summed E-state index contributed by atoms with van der Waals surface area (Å²) in [7, 11) is 0. The normalized spacial score (nSPS) is 13.4. The fourth-order valence-electron chi connectivity index (χ4n) is 2.85. The van der Waals surface area contributed by atoms with Crippen molar-refractivity contribution in [2.45, 2.75) is 25.3 Å². The van der Waals surface area contributed by atoms with Crippen molar-refractivity contribution in [3.05, 3.63) is 72.5 Å². The van der Waals surface area contributed by atoms with Crippen LogP contribution in [0.3, 0.4) is 0 Å². The summed E-state index contributed by atoms with van der Waals surface area (Å²) in [5, 5.41) is 6.82. The average Bonchev–Trinajstić information content (AvgIpc) is 3.29. The fraction of sp³-hybridized carbons (Fsp3) is 0.200. The van der Waals surface area contributed by atoms with Crippen LogP contribution in [0.2, 0.25) is 0 Å². The van der Waals surface area contributed by atoms with E-state index in [9.17, 15) is 4.79 Å². The first kappa shape index (κ1) is 17.2. The zero-order valence-electron chi connectivity index (χ0n) is 15.4. The molecule has 9 heteroatoms. The third kappa shape index (κ3) is 3.75. The number of amides is 1. The molecular formula is C20H17N7O2. The van der Waals surface area contributed by atoms with Gasteiger partial charge in [-0.3, -0.25) is 14.3 Å². The first-order valence-electron chi connectivity index (χ1n) is 9.29. The lowest BCUT2D eigenvalue weighted by molar-refractivity contribution is 0.0946. The van der Waals surface area contributed by atoms with Crippen molar-refractivity contribution in [3.63, 3.8) is 0 Å². The van der Waals surface area contributed by atoms with Gasteiger partial charge in [0.1, 0.15) is 17.8 Å². The van der Waals surface area contributed by atoms with Crippen LogP contribution in [0.1, 0.15) is 40.8 Å². The van der Waals surface area contributed by atoms with Crippen LogP contribution in [-0.2, 0) is 6.54 Å². The summed E-state index contributed by atoms with van der Waals surface area (Å²) in [5.41, 5.74) is 1.84. The molecule has 0 radical (unpaired) electrons. The molecule has 0 atom stereocenters. The Labute approximate surface area is 165 Å². The first-order valence-corrected chi connectivity index (χ1v) is 9.29. The average molecular weight is 387 g/mol. The van der Waals surface area contributed by atoms with Crippen molar-refractivity contribution in [2.75, 3.05) is 0 Å². The Morgan fingerprint density at radius 1 is 1.17 bits per heavy atom. The minimum atomic E-state index is -0.274. The van der Waals surface area contributed by atoms with Gasteiger partial charge in [-0.1, -0.05) is 11.2 Å². The molecule has 4 aromatic rings. The quantitative estimate of drug-likeness (QED) is 0.541. The maximum atomic E-state index is 12.3. The van der Waals surface area contributed by atoms with Crippen LogP contribution in [0.25, 0.3) is 17.3 Å². The largest absolute Gasteiger partial charge is 0.345 e. The summed E-state index contributed by atoms with van der Waals surface area (Å²) < 4.78 is 7.00. The third-order valence-corrected chi connectivity index (χ3v) is 4.62. The van der Waals surface area contributed by atoms with Gasteiger partial charge in [0.05, 0.1) is 17.8 Å². The van der Waals surface area contributed by atoms with E-state index in [4.69, 9.17) is 4.52 Å². The SMILES string of the molecule is O=C(NCc1ccccn1)c1cn(-c2ccc(-c3nc(C4CC4)no3)cn2)cn1. The van der Waals surface area contributed by atoms with E-state index in [1.165, 1.54) is 0 Å². The standard InChI is InChI=1S/C20H17N7O2/c28-19(23-10-15-3-1-2-8-21-15)16-11-27(12-24-16)17-7-6-14(9-22-17)20-25-18(26-29-20)13-4-5-13/h1-3,6-9,11-13H,4-5,10H2,(H,23,28). The highest BCUT2D eigenvalue weighted by atomic mass is 16.5. The van der Waals surface area contributed by atoms with E-state index in [-0.39, 0.29) is 5.91 Å². The maximum absolute atomic E-state index is 12.3. The van der Waals surface area contributed by atoms with Gasteiger partial charge in [-0.15, -0.1) is 0 Å². The van der Waals surface area contributed by atoms with Crippen LogP contribution in [0, 0.1) is 0 Å². The summed E-state index contributed by atoms with van der Waals surface area (Å²) >= 11 is 0. The summed E-state index contributed by atoms with van der Waals surface area (Å²) in [6.07, 6.45) is 8.78. The van der Waals surface area contributed by atoms with Gasteiger partial charge >= 0.3 is 0 Å². The summed E-state index contributed by atoms with van der Waals surface area (Å²) in [4.78, 5) is 29.5. The van der Waals surface area contributed by atoms with Crippen LogP contribution in [-0.4, -0.2) is 35.6 Å². The fourth-order valence-corrected chi connectivity index (χ4v) is 2.85. The molecule has 0 aromatic carbocycles. The van der Waals surface area contributed by atoms with E-state index >= 15 is 0 Å². The summed E-state index contributed by atoms with van der Waals surface area (Å²) in [6.45, 7) is 0.340. The zero-order valence-corrected chi connectivity index (χ0v) is 15.4. The Morgan fingerprint density at radius 2 is 2.10 bits per heavy atom. The van der Waals surface area contributed by atoms with Crippen LogP contribution in [0.4, 0.5) is 0 Å². The molecule has 1 aliphatic carbocycles. The molecule has 0 unspecified atom stereocenters. The van der Waals surface area contributed by atoms with Gasteiger partial charge in [0.15, 0.2) is 5.82 Å². The van der Waals surface area contributed by atoms with Crippen molar-refractivity contribution in [1.82, 2.24) is 35.0 Å². The Kier molecular flexibility index (Phi) is 4.32. The molecule has 0 bridgehead atoms. The molecule has 0 spiro atoms. The number of aromatic nitrogens is 6. The molecule has 1 fully saturated rings. The van der Waals surface area contributed by atoms with Gasteiger partial charge < -0.3 is 9.84 Å². The minimum absolute atomic E-state index is 0.274. The summed E-state index contributed by atoms with van der Waals surface area (Å²) in [6, 6.07) is 9.22. The highest BCUT2D eigenvalue weighted by molar-refractivity contribution is 5.92. The molecule has 144 valence electrons. The second kappa shape index (κ2) is 7.27. The van der Waals surface area contributed by atoms with Crippen molar-refractivity contribution < 1.29 is 9.32 Å². The van der Waals surface area contributed by atoms with Gasteiger partial charge in [-0.25, -0.2) is 9.97 Å². The molecule has 9 nitrogen and oxygen atoms in total. The van der Waals surface area contributed by atoms with E-state index in [1.54, 1.807) is 29.5 Å². The van der Waals surface area contributed by atoms with Crippen LogP contribution in [0.15, 0.2) is 59.8 Å². The van der Waals surface area contributed by atoms with Crippen LogP contribution < -0.4 is 5.32 Å². The highest BCUT2D eigenvalue weighted by Crippen LogP contribution is 2.38. The van der Waals surface area contributed by atoms with E-state index in [0.29, 0.717) is 29.9 Å². The third-order valence-electron chi connectivity index (χ3n) is 4.62. The highest BCUT2D eigenvalue weighted by Gasteiger charge is 2.29. The lowest BCUT2D eigenvalue weighted by atomic mass is 10.3. The van der Waals surface area contributed by atoms with Gasteiger partial charge in [-0.05, 0) is 37.1 Å². The smallest absolute Gasteiger partial charge is 0.271 e. The molecule has 0 saturated heterocycles. The molecule has 1 aliphatic rings. The molecule has 0 aliphatic heterocycles. The number of nitrogens with zero attached hydrogens (tertiary/aromatic N) is 6. The molecule has 1 saturated carbocycles. The Morgan fingerprint density at radius 3 is 2.86 bits per heavy atom. The molecule has 5 rings (SSSR count). The van der Waals surface area contributed by atoms with Crippen molar-refractivity contribution in [2.24, 2.45) is 0 Å². The van der Waals surface area contributed by atoms with E-state index in [0.717, 1.165) is 29.9 Å². The number of carbonyl (C=O) groups excluding carboxylic acids is 1. The second-order valence-corrected chi connectivity index (χ2v) is 6.81. The zero-order chi connectivity index (χ0) is 19.6. The number of hydrogen-bond donors (Lipinski definition) is 1. The predicted molar refractivity (Wildman–Crippen MR) is 102 cm³/mol. The minimum Gasteiger partial charge on any atom is -0.345 e. The van der Waals surface area contributed by atoms with E-state index < -0.39 is 0 Å². The molecular weight excluding hydrogens is 370 g/mol. The summed E-state index contributed by atoms with van der Waals surface area (Å²) in [5.74, 6) is 2.02. The van der Waals surface area contributed by atoms with Gasteiger partial charge in [0, 0.05) is 24.5 Å². The van der Waals surface area contributed by atoms with Crippen molar-refractivity contribution in [3.8, 4) is 17.3 Å².